The number of anilines is 1. The van der Waals surface area contributed by atoms with Gasteiger partial charge in [0, 0.05) is 51.4 Å². The van der Waals surface area contributed by atoms with Gasteiger partial charge in [0.1, 0.15) is 5.82 Å². The molecule has 3 saturated heterocycles. The standard InChI is InChI=1S/C18H28N4O2/c23-18-3-5-19-12-16(18)14-22(6-4-18)17-2-1-15(11-20-17)13-21-7-9-24-10-8-21/h1-2,11,16,19,23H,3-10,12-14H2/t16-,18-/m0/s1. The first-order valence-corrected chi connectivity index (χ1v) is 9.16. The summed E-state index contributed by atoms with van der Waals surface area (Å²) in [6, 6.07) is 4.33. The van der Waals surface area contributed by atoms with Gasteiger partial charge in [0.2, 0.25) is 0 Å². The lowest BCUT2D eigenvalue weighted by Gasteiger charge is -2.47. The molecular weight excluding hydrogens is 304 g/mol. The summed E-state index contributed by atoms with van der Waals surface area (Å²) < 4.78 is 5.40. The van der Waals surface area contributed by atoms with Gasteiger partial charge in [-0.15, -0.1) is 0 Å². The van der Waals surface area contributed by atoms with Crippen LogP contribution in [0, 0.1) is 5.92 Å². The zero-order chi connectivity index (χ0) is 16.4. The van der Waals surface area contributed by atoms with Crippen LogP contribution in [-0.2, 0) is 11.3 Å². The van der Waals surface area contributed by atoms with Gasteiger partial charge in [-0.2, -0.15) is 0 Å². The number of nitrogens with zero attached hydrogens (tertiary/aromatic N) is 3. The molecular formula is C18H28N4O2. The minimum absolute atomic E-state index is 0.301. The molecule has 0 radical (unpaired) electrons. The third kappa shape index (κ3) is 3.42. The average Bonchev–Trinajstić information content (AvgIpc) is 2.62. The van der Waals surface area contributed by atoms with Crippen molar-refractivity contribution in [2.45, 2.75) is 25.0 Å². The smallest absolute Gasteiger partial charge is 0.128 e. The summed E-state index contributed by atoms with van der Waals surface area (Å²) in [5, 5.41) is 14.2. The van der Waals surface area contributed by atoms with E-state index in [2.05, 4.69) is 27.2 Å². The number of ether oxygens (including phenoxy) is 1. The fraction of sp³-hybridized carbons (Fsp3) is 0.722. The van der Waals surface area contributed by atoms with Crippen molar-refractivity contribution in [2.24, 2.45) is 5.92 Å². The molecule has 0 aromatic carbocycles. The second kappa shape index (κ2) is 6.96. The first kappa shape index (κ1) is 16.3. The number of hydrogen-bond donors (Lipinski definition) is 2. The van der Waals surface area contributed by atoms with Gasteiger partial charge in [0.25, 0.3) is 0 Å². The molecule has 2 N–H and O–H groups in total. The number of aromatic nitrogens is 1. The van der Waals surface area contributed by atoms with E-state index in [4.69, 9.17) is 9.72 Å². The van der Waals surface area contributed by atoms with Crippen LogP contribution >= 0.6 is 0 Å². The number of nitrogens with one attached hydrogen (secondary N) is 1. The minimum atomic E-state index is -0.474. The Bertz CT molecular complexity index is 546. The highest BCUT2D eigenvalue weighted by Gasteiger charge is 2.43. The topological polar surface area (TPSA) is 60.9 Å². The molecule has 6 nitrogen and oxygen atoms in total. The van der Waals surface area contributed by atoms with E-state index in [1.54, 1.807) is 0 Å². The molecule has 1 aromatic heterocycles. The molecule has 24 heavy (non-hydrogen) atoms. The molecule has 2 atom stereocenters. The third-order valence-electron chi connectivity index (χ3n) is 5.78. The lowest BCUT2D eigenvalue weighted by atomic mass is 9.76. The quantitative estimate of drug-likeness (QED) is 0.839. The van der Waals surface area contributed by atoms with Gasteiger partial charge in [0.15, 0.2) is 0 Å². The van der Waals surface area contributed by atoms with Crippen LogP contribution in [-0.4, -0.2) is 73.1 Å². The van der Waals surface area contributed by atoms with Crippen molar-refractivity contribution < 1.29 is 9.84 Å². The molecule has 4 rings (SSSR count). The molecule has 0 unspecified atom stereocenters. The maximum Gasteiger partial charge on any atom is 0.128 e. The summed E-state index contributed by atoms with van der Waals surface area (Å²) in [5.41, 5.74) is 0.784. The predicted molar refractivity (Wildman–Crippen MR) is 93.1 cm³/mol. The molecule has 0 amide bonds. The van der Waals surface area contributed by atoms with E-state index in [1.807, 2.05) is 6.20 Å². The summed E-state index contributed by atoms with van der Waals surface area (Å²) in [5.74, 6) is 1.34. The average molecular weight is 332 g/mol. The van der Waals surface area contributed by atoms with Crippen molar-refractivity contribution >= 4 is 5.82 Å². The molecule has 132 valence electrons. The van der Waals surface area contributed by atoms with Crippen molar-refractivity contribution in [3.05, 3.63) is 23.9 Å². The maximum absolute atomic E-state index is 10.8. The van der Waals surface area contributed by atoms with Crippen LogP contribution < -0.4 is 10.2 Å². The normalized spacial score (nSPS) is 31.7. The number of morpholine rings is 1. The molecule has 1 aromatic rings. The number of fused-ring (bicyclic) bond motifs is 1. The fourth-order valence-electron chi connectivity index (χ4n) is 4.15. The molecule has 0 spiro atoms. The van der Waals surface area contributed by atoms with E-state index in [0.717, 1.165) is 77.7 Å². The van der Waals surface area contributed by atoms with Crippen LogP contribution in [0.4, 0.5) is 5.82 Å². The molecule has 3 fully saturated rings. The number of aliphatic hydroxyl groups is 1. The van der Waals surface area contributed by atoms with Crippen molar-refractivity contribution in [1.82, 2.24) is 15.2 Å². The highest BCUT2D eigenvalue weighted by Crippen LogP contribution is 2.34. The Kier molecular flexibility index (Phi) is 4.72. The zero-order valence-corrected chi connectivity index (χ0v) is 14.3. The van der Waals surface area contributed by atoms with Crippen LogP contribution in [0.25, 0.3) is 0 Å². The van der Waals surface area contributed by atoms with Gasteiger partial charge < -0.3 is 20.1 Å². The molecule has 0 bridgehead atoms. The van der Waals surface area contributed by atoms with E-state index in [1.165, 1.54) is 5.56 Å². The summed E-state index contributed by atoms with van der Waals surface area (Å²) in [4.78, 5) is 9.43. The summed E-state index contributed by atoms with van der Waals surface area (Å²) >= 11 is 0. The Labute approximate surface area is 143 Å². The van der Waals surface area contributed by atoms with E-state index < -0.39 is 5.60 Å². The zero-order valence-electron chi connectivity index (χ0n) is 14.3. The van der Waals surface area contributed by atoms with Crippen molar-refractivity contribution in [1.29, 1.82) is 0 Å². The first-order valence-electron chi connectivity index (χ1n) is 9.16. The maximum atomic E-state index is 10.8. The Hall–Kier alpha value is -1.21. The van der Waals surface area contributed by atoms with Crippen molar-refractivity contribution in [3.8, 4) is 0 Å². The van der Waals surface area contributed by atoms with E-state index in [9.17, 15) is 5.11 Å². The highest BCUT2D eigenvalue weighted by atomic mass is 16.5. The van der Waals surface area contributed by atoms with Gasteiger partial charge in [-0.25, -0.2) is 4.98 Å². The summed E-state index contributed by atoms with van der Waals surface area (Å²) in [6.45, 7) is 8.23. The van der Waals surface area contributed by atoms with E-state index in [-0.39, 0.29) is 0 Å². The van der Waals surface area contributed by atoms with Gasteiger partial charge in [-0.05, 0) is 31.0 Å². The second-order valence-corrected chi connectivity index (χ2v) is 7.36. The lowest BCUT2D eigenvalue weighted by Crippen LogP contribution is -2.59. The molecule has 0 saturated carbocycles. The molecule has 6 heteroatoms. The third-order valence-corrected chi connectivity index (χ3v) is 5.78. The SMILES string of the molecule is O[C@]12CCNC[C@H]1CN(c1ccc(CN3CCOCC3)cn1)CC2. The second-order valence-electron chi connectivity index (χ2n) is 7.36. The monoisotopic (exact) mass is 332 g/mol. The van der Waals surface area contributed by atoms with E-state index >= 15 is 0 Å². The Morgan fingerprint density at radius 3 is 2.92 bits per heavy atom. The largest absolute Gasteiger partial charge is 0.389 e. The van der Waals surface area contributed by atoms with Crippen molar-refractivity contribution in [3.63, 3.8) is 0 Å². The molecule has 4 heterocycles. The highest BCUT2D eigenvalue weighted by molar-refractivity contribution is 5.40. The number of rotatable bonds is 3. The van der Waals surface area contributed by atoms with Gasteiger partial charge in [0.05, 0.1) is 18.8 Å². The van der Waals surface area contributed by atoms with Gasteiger partial charge in [-0.3, -0.25) is 4.90 Å². The van der Waals surface area contributed by atoms with Crippen LogP contribution in [0.5, 0.6) is 0 Å². The predicted octanol–water partition coefficient (Wildman–Crippen LogP) is 0.465. The van der Waals surface area contributed by atoms with E-state index in [0.29, 0.717) is 5.92 Å². The Morgan fingerprint density at radius 2 is 2.12 bits per heavy atom. The van der Waals surface area contributed by atoms with Crippen LogP contribution in [0.1, 0.15) is 18.4 Å². The number of pyridine rings is 1. The lowest BCUT2D eigenvalue weighted by molar-refractivity contribution is -0.0539. The van der Waals surface area contributed by atoms with Crippen LogP contribution in [0.2, 0.25) is 0 Å². The number of hydrogen-bond acceptors (Lipinski definition) is 6. The summed E-state index contributed by atoms with van der Waals surface area (Å²) in [7, 11) is 0. The molecule has 0 aliphatic carbocycles. The Balaban J connectivity index is 1.38. The van der Waals surface area contributed by atoms with Crippen LogP contribution in [0.15, 0.2) is 18.3 Å². The minimum Gasteiger partial charge on any atom is -0.389 e. The molecule has 3 aliphatic heterocycles. The first-order chi connectivity index (χ1) is 11.7. The number of piperidine rings is 2. The Morgan fingerprint density at radius 1 is 1.25 bits per heavy atom. The van der Waals surface area contributed by atoms with Gasteiger partial charge in [-0.1, -0.05) is 6.07 Å². The summed E-state index contributed by atoms with van der Waals surface area (Å²) in [6.07, 6.45) is 3.72. The van der Waals surface area contributed by atoms with Gasteiger partial charge >= 0.3 is 0 Å². The van der Waals surface area contributed by atoms with Crippen molar-refractivity contribution in [2.75, 3.05) is 57.4 Å². The fourth-order valence-corrected chi connectivity index (χ4v) is 4.15. The molecule has 3 aliphatic rings. The van der Waals surface area contributed by atoms with Crippen LogP contribution in [0.3, 0.4) is 0 Å².